The number of methoxy groups -OCH3 is 1. The summed E-state index contributed by atoms with van der Waals surface area (Å²) in [5, 5.41) is 4.52. The maximum atomic E-state index is 12.2. The molecule has 1 aromatic carbocycles. The van der Waals surface area contributed by atoms with Crippen molar-refractivity contribution in [1.29, 1.82) is 0 Å². The van der Waals surface area contributed by atoms with E-state index in [0.29, 0.717) is 21.8 Å². The van der Waals surface area contributed by atoms with E-state index in [1.54, 1.807) is 13.2 Å². The summed E-state index contributed by atoms with van der Waals surface area (Å²) in [5.74, 6) is 0.600. The van der Waals surface area contributed by atoms with Crippen molar-refractivity contribution in [3.63, 3.8) is 0 Å². The standard InChI is InChI=1S/C18H18N4O3S/c1-10-11(2)26-18-16(10)17(24)20-14(21-18)8-15(23)22-19-9-12-6-4-5-7-13(12)25-3/h4-7,9H,8H2,1-3H3,(H,22,23)(H,20,21,24)/b19-9+. The molecule has 2 N–H and O–H groups in total. The minimum atomic E-state index is -0.372. The first-order valence-electron chi connectivity index (χ1n) is 7.93. The number of para-hydroxylation sites is 1. The molecule has 1 amide bonds. The van der Waals surface area contributed by atoms with Crippen molar-refractivity contribution in [2.45, 2.75) is 20.3 Å². The number of amides is 1. The largest absolute Gasteiger partial charge is 0.496 e. The van der Waals surface area contributed by atoms with Gasteiger partial charge in [-0.3, -0.25) is 9.59 Å². The van der Waals surface area contributed by atoms with Gasteiger partial charge in [0.15, 0.2) is 0 Å². The molecule has 134 valence electrons. The molecule has 0 saturated carbocycles. The number of aromatic nitrogens is 2. The van der Waals surface area contributed by atoms with Crippen LogP contribution in [0.4, 0.5) is 0 Å². The fourth-order valence-electron chi connectivity index (χ4n) is 2.52. The number of aromatic amines is 1. The highest BCUT2D eigenvalue weighted by Gasteiger charge is 2.13. The van der Waals surface area contributed by atoms with Gasteiger partial charge in [-0.1, -0.05) is 12.1 Å². The Bertz CT molecular complexity index is 1050. The molecule has 26 heavy (non-hydrogen) atoms. The molecule has 2 heterocycles. The minimum Gasteiger partial charge on any atom is -0.496 e. The van der Waals surface area contributed by atoms with Crippen LogP contribution in [-0.4, -0.2) is 29.2 Å². The number of ether oxygens (including phenoxy) is 1. The first-order valence-corrected chi connectivity index (χ1v) is 8.75. The van der Waals surface area contributed by atoms with Crippen molar-refractivity contribution in [3.8, 4) is 5.75 Å². The van der Waals surface area contributed by atoms with E-state index >= 15 is 0 Å². The maximum Gasteiger partial charge on any atom is 0.259 e. The van der Waals surface area contributed by atoms with Gasteiger partial charge >= 0.3 is 0 Å². The second kappa shape index (κ2) is 7.49. The molecule has 0 atom stereocenters. The number of H-pyrrole nitrogens is 1. The molecule has 0 aliphatic carbocycles. The molecule has 3 rings (SSSR count). The molecule has 0 bridgehead atoms. The Morgan fingerprint density at radius 3 is 2.92 bits per heavy atom. The van der Waals surface area contributed by atoms with Crippen LogP contribution in [0.25, 0.3) is 10.2 Å². The van der Waals surface area contributed by atoms with Gasteiger partial charge in [0.1, 0.15) is 16.4 Å². The van der Waals surface area contributed by atoms with Gasteiger partial charge in [0.25, 0.3) is 5.56 Å². The van der Waals surface area contributed by atoms with Crippen molar-refractivity contribution in [2.75, 3.05) is 7.11 Å². The van der Waals surface area contributed by atoms with E-state index in [1.165, 1.54) is 17.6 Å². The van der Waals surface area contributed by atoms with Crippen LogP contribution in [0.1, 0.15) is 21.8 Å². The van der Waals surface area contributed by atoms with Gasteiger partial charge in [0.2, 0.25) is 5.91 Å². The monoisotopic (exact) mass is 370 g/mol. The van der Waals surface area contributed by atoms with E-state index in [1.807, 2.05) is 32.0 Å². The van der Waals surface area contributed by atoms with E-state index in [9.17, 15) is 9.59 Å². The van der Waals surface area contributed by atoms with E-state index in [4.69, 9.17) is 4.74 Å². The quantitative estimate of drug-likeness (QED) is 0.532. The number of nitrogens with zero attached hydrogens (tertiary/aromatic N) is 2. The number of benzene rings is 1. The molecule has 0 aliphatic heterocycles. The summed E-state index contributed by atoms with van der Waals surface area (Å²) in [6, 6.07) is 7.32. The van der Waals surface area contributed by atoms with Gasteiger partial charge in [0, 0.05) is 10.4 Å². The fraction of sp³-hybridized carbons (Fsp3) is 0.222. The summed E-state index contributed by atoms with van der Waals surface area (Å²) in [5.41, 5.74) is 3.88. The Balaban J connectivity index is 1.71. The van der Waals surface area contributed by atoms with Gasteiger partial charge in [-0.15, -0.1) is 11.3 Å². The number of aryl methyl sites for hydroxylation is 2. The number of nitrogens with one attached hydrogen (secondary N) is 2. The molecule has 0 aliphatic rings. The zero-order chi connectivity index (χ0) is 18.7. The average molecular weight is 370 g/mol. The number of carbonyl (C=O) groups excluding carboxylic acids is 1. The highest BCUT2D eigenvalue weighted by molar-refractivity contribution is 7.18. The molecule has 0 unspecified atom stereocenters. The van der Waals surface area contributed by atoms with E-state index in [2.05, 4.69) is 20.5 Å². The Morgan fingerprint density at radius 2 is 2.15 bits per heavy atom. The molecule has 0 spiro atoms. The number of hydrogen-bond donors (Lipinski definition) is 2. The third-order valence-corrected chi connectivity index (χ3v) is 5.05. The van der Waals surface area contributed by atoms with Crippen LogP contribution < -0.4 is 15.7 Å². The minimum absolute atomic E-state index is 0.0650. The van der Waals surface area contributed by atoms with Crippen LogP contribution in [0.3, 0.4) is 0 Å². The van der Waals surface area contributed by atoms with Gasteiger partial charge in [-0.25, -0.2) is 10.4 Å². The lowest BCUT2D eigenvalue weighted by Gasteiger charge is -2.03. The van der Waals surface area contributed by atoms with Crippen LogP contribution in [0.5, 0.6) is 5.75 Å². The van der Waals surface area contributed by atoms with Crippen LogP contribution in [0.2, 0.25) is 0 Å². The fourth-order valence-corrected chi connectivity index (χ4v) is 3.57. The second-order valence-corrected chi connectivity index (χ2v) is 6.89. The third-order valence-electron chi connectivity index (χ3n) is 3.95. The Morgan fingerprint density at radius 1 is 1.38 bits per heavy atom. The summed E-state index contributed by atoms with van der Waals surface area (Å²) in [6.45, 7) is 3.84. The third kappa shape index (κ3) is 3.65. The summed E-state index contributed by atoms with van der Waals surface area (Å²) in [7, 11) is 1.57. The topological polar surface area (TPSA) is 96.4 Å². The number of rotatable bonds is 5. The molecule has 2 aromatic heterocycles. The van der Waals surface area contributed by atoms with Crippen LogP contribution in [0, 0.1) is 13.8 Å². The van der Waals surface area contributed by atoms with E-state index in [-0.39, 0.29) is 17.9 Å². The van der Waals surface area contributed by atoms with Crippen LogP contribution in [0.15, 0.2) is 34.2 Å². The number of carbonyl (C=O) groups is 1. The highest BCUT2D eigenvalue weighted by atomic mass is 32.1. The van der Waals surface area contributed by atoms with E-state index < -0.39 is 0 Å². The predicted octanol–water partition coefficient (Wildman–Crippen LogP) is 2.30. The molecule has 0 fully saturated rings. The second-order valence-electron chi connectivity index (χ2n) is 5.69. The molecule has 3 aromatic rings. The molecule has 8 heteroatoms. The first-order chi connectivity index (χ1) is 12.5. The predicted molar refractivity (Wildman–Crippen MR) is 102 cm³/mol. The summed E-state index contributed by atoms with van der Waals surface area (Å²) in [6.07, 6.45) is 1.44. The summed E-state index contributed by atoms with van der Waals surface area (Å²) in [4.78, 5) is 33.0. The Labute approximate surface area is 153 Å². The highest BCUT2D eigenvalue weighted by Crippen LogP contribution is 2.25. The lowest BCUT2D eigenvalue weighted by atomic mass is 10.2. The number of hydrogen-bond acceptors (Lipinski definition) is 6. The van der Waals surface area contributed by atoms with Crippen molar-refractivity contribution in [2.24, 2.45) is 5.10 Å². The normalized spacial score (nSPS) is 11.2. The van der Waals surface area contributed by atoms with Gasteiger partial charge in [0.05, 0.1) is 25.1 Å². The summed E-state index contributed by atoms with van der Waals surface area (Å²) >= 11 is 1.45. The van der Waals surface area contributed by atoms with E-state index in [0.717, 1.165) is 16.0 Å². The van der Waals surface area contributed by atoms with Gasteiger partial charge < -0.3 is 9.72 Å². The van der Waals surface area contributed by atoms with Crippen LogP contribution >= 0.6 is 11.3 Å². The maximum absolute atomic E-state index is 12.2. The van der Waals surface area contributed by atoms with Gasteiger partial charge in [-0.05, 0) is 31.5 Å². The lowest BCUT2D eigenvalue weighted by molar-refractivity contribution is -0.120. The van der Waals surface area contributed by atoms with Crippen molar-refractivity contribution < 1.29 is 9.53 Å². The molecule has 0 radical (unpaired) electrons. The van der Waals surface area contributed by atoms with Crippen molar-refractivity contribution in [3.05, 3.63) is 56.4 Å². The molecule has 7 nitrogen and oxygen atoms in total. The Kier molecular flexibility index (Phi) is 5.13. The first kappa shape index (κ1) is 17.8. The van der Waals surface area contributed by atoms with Gasteiger partial charge in [-0.2, -0.15) is 5.10 Å². The molecular formula is C18H18N4O3S. The Hall–Kier alpha value is -3.00. The molecular weight excluding hydrogens is 352 g/mol. The average Bonchev–Trinajstić information content (AvgIpc) is 2.89. The zero-order valence-corrected chi connectivity index (χ0v) is 15.4. The lowest BCUT2D eigenvalue weighted by Crippen LogP contribution is -2.23. The van der Waals surface area contributed by atoms with Crippen molar-refractivity contribution in [1.82, 2.24) is 15.4 Å². The van der Waals surface area contributed by atoms with Crippen LogP contribution in [-0.2, 0) is 11.2 Å². The number of thiophene rings is 1. The van der Waals surface area contributed by atoms with Crippen molar-refractivity contribution >= 4 is 33.7 Å². The SMILES string of the molecule is COc1ccccc1/C=N/NC(=O)Cc1nc2sc(C)c(C)c2c(=O)[nH]1. The smallest absolute Gasteiger partial charge is 0.259 e. The number of fused-ring (bicyclic) bond motifs is 1. The molecule has 0 saturated heterocycles. The zero-order valence-electron chi connectivity index (χ0n) is 14.6. The summed E-state index contributed by atoms with van der Waals surface area (Å²) < 4.78 is 5.21. The number of hydrazone groups is 1.